The first-order valence-corrected chi connectivity index (χ1v) is 19.1. The molecule has 10 aromatic rings. The molecule has 0 fully saturated rings. The molecule has 2 aliphatic rings. The molecule has 12 rings (SSSR count). The zero-order valence-electron chi connectivity index (χ0n) is 30.8. The van der Waals surface area contributed by atoms with Crippen LogP contribution < -0.4 is 19.3 Å². The molecule has 9 aromatic carbocycles. The summed E-state index contributed by atoms with van der Waals surface area (Å²) in [6.07, 6.45) is 0. The lowest BCUT2D eigenvalue weighted by Gasteiger charge is -2.33. The van der Waals surface area contributed by atoms with E-state index in [-0.39, 0.29) is 0 Å². The largest absolute Gasteiger partial charge is 0.453 e. The number of ether oxygens (including phenoxy) is 2. The Kier molecular flexibility index (Phi) is 6.86. The highest BCUT2D eigenvalue weighted by Crippen LogP contribution is 2.53. The van der Waals surface area contributed by atoms with Crippen molar-refractivity contribution in [1.82, 2.24) is 9.97 Å². The van der Waals surface area contributed by atoms with Crippen LogP contribution >= 0.6 is 0 Å². The standard InChI is InChI=1S/C51H29N5O2/c52-30-31-17-19-32(20-18-31)33-21-26-40-41(27-33)54-51-37-25-23-35(56-44-11-3-7-15-48(44)58-49-16-8-4-12-45(49)56)29-39(37)38-28-34(22-24-36(38)50(51)53-40)55-42-9-1-5-13-46(42)57-47-14-6-2-10-43(47)55/h1-29H. The van der Waals surface area contributed by atoms with Gasteiger partial charge in [0.1, 0.15) is 0 Å². The predicted octanol–water partition coefficient (Wildman–Crippen LogP) is 13.8. The van der Waals surface area contributed by atoms with Crippen LogP contribution in [0.5, 0.6) is 23.0 Å². The molecule has 1 aromatic heterocycles. The maximum atomic E-state index is 9.36. The molecule has 0 unspecified atom stereocenters. The number of rotatable bonds is 3. The van der Waals surface area contributed by atoms with Crippen molar-refractivity contribution in [2.75, 3.05) is 9.80 Å². The van der Waals surface area contributed by atoms with Crippen molar-refractivity contribution in [3.8, 4) is 40.2 Å². The van der Waals surface area contributed by atoms with E-state index in [1.54, 1.807) is 0 Å². The molecule has 270 valence electrons. The van der Waals surface area contributed by atoms with E-state index in [0.717, 1.165) is 112 Å². The molecule has 0 aliphatic carbocycles. The SMILES string of the molecule is N#Cc1ccc(-c2ccc3nc4c5ccc(N6c7ccccc7Oc7ccccc76)cc5c5cc(N6c7ccccc7Oc7ccccc76)ccc5c4nc3c2)cc1. The molecule has 0 saturated carbocycles. The molecule has 7 nitrogen and oxygen atoms in total. The van der Waals surface area contributed by atoms with Gasteiger partial charge in [-0.2, -0.15) is 5.26 Å². The number of para-hydroxylation sites is 8. The number of anilines is 6. The number of benzene rings is 9. The highest BCUT2D eigenvalue weighted by Gasteiger charge is 2.28. The lowest BCUT2D eigenvalue weighted by atomic mass is 9.96. The van der Waals surface area contributed by atoms with Gasteiger partial charge in [-0.1, -0.05) is 78.9 Å². The van der Waals surface area contributed by atoms with Crippen LogP contribution in [-0.2, 0) is 0 Å². The Hall–Kier alpha value is -8.21. The van der Waals surface area contributed by atoms with Crippen LogP contribution in [0.2, 0.25) is 0 Å². The molecule has 58 heavy (non-hydrogen) atoms. The minimum atomic E-state index is 0.627. The summed E-state index contributed by atoms with van der Waals surface area (Å²) in [6, 6.07) is 62.0. The summed E-state index contributed by atoms with van der Waals surface area (Å²) in [5.41, 5.74) is 11.8. The molecule has 3 heterocycles. The maximum Gasteiger partial charge on any atom is 0.151 e. The minimum absolute atomic E-state index is 0.627. The summed E-state index contributed by atoms with van der Waals surface area (Å²) in [5.74, 6) is 3.20. The lowest BCUT2D eigenvalue weighted by molar-refractivity contribution is 0.477. The van der Waals surface area contributed by atoms with E-state index in [1.165, 1.54) is 0 Å². The third-order valence-corrected chi connectivity index (χ3v) is 11.2. The van der Waals surface area contributed by atoms with Gasteiger partial charge in [0.05, 0.1) is 56.4 Å². The monoisotopic (exact) mass is 743 g/mol. The minimum Gasteiger partial charge on any atom is -0.453 e. The van der Waals surface area contributed by atoms with Crippen molar-refractivity contribution < 1.29 is 9.47 Å². The molecular weight excluding hydrogens is 715 g/mol. The van der Waals surface area contributed by atoms with E-state index < -0.39 is 0 Å². The summed E-state index contributed by atoms with van der Waals surface area (Å²) in [7, 11) is 0. The van der Waals surface area contributed by atoms with E-state index in [1.807, 2.05) is 103 Å². The highest BCUT2D eigenvalue weighted by molar-refractivity contribution is 6.25. The van der Waals surface area contributed by atoms with E-state index in [9.17, 15) is 5.26 Å². The molecule has 0 atom stereocenters. The van der Waals surface area contributed by atoms with Gasteiger partial charge in [-0.05, 0) is 119 Å². The van der Waals surface area contributed by atoms with Gasteiger partial charge in [0.2, 0.25) is 0 Å². The van der Waals surface area contributed by atoms with Crippen LogP contribution in [0, 0.1) is 11.3 Å². The second-order valence-electron chi connectivity index (χ2n) is 14.5. The van der Waals surface area contributed by atoms with Gasteiger partial charge >= 0.3 is 0 Å². The van der Waals surface area contributed by atoms with Crippen LogP contribution in [-0.4, -0.2) is 9.97 Å². The van der Waals surface area contributed by atoms with Crippen molar-refractivity contribution in [2.24, 2.45) is 0 Å². The molecule has 0 radical (unpaired) electrons. The average Bonchev–Trinajstić information content (AvgIpc) is 3.29. The van der Waals surface area contributed by atoms with Gasteiger partial charge in [0.25, 0.3) is 0 Å². The van der Waals surface area contributed by atoms with E-state index in [4.69, 9.17) is 19.4 Å². The third kappa shape index (κ3) is 4.86. The second-order valence-corrected chi connectivity index (χ2v) is 14.5. The van der Waals surface area contributed by atoms with Crippen molar-refractivity contribution >= 4 is 77.7 Å². The Bertz CT molecular complexity index is 3300. The average molecular weight is 744 g/mol. The summed E-state index contributed by atoms with van der Waals surface area (Å²) in [4.78, 5) is 15.3. The summed E-state index contributed by atoms with van der Waals surface area (Å²) in [6.45, 7) is 0. The zero-order chi connectivity index (χ0) is 38.3. The predicted molar refractivity (Wildman–Crippen MR) is 232 cm³/mol. The normalized spacial score (nSPS) is 12.7. The van der Waals surface area contributed by atoms with Gasteiger partial charge in [-0.3, -0.25) is 0 Å². The van der Waals surface area contributed by atoms with Gasteiger partial charge < -0.3 is 19.3 Å². The topological polar surface area (TPSA) is 74.5 Å². The van der Waals surface area contributed by atoms with Crippen LogP contribution in [0.3, 0.4) is 0 Å². The number of aromatic nitrogens is 2. The molecule has 0 saturated heterocycles. The van der Waals surface area contributed by atoms with Crippen molar-refractivity contribution in [3.63, 3.8) is 0 Å². The van der Waals surface area contributed by atoms with Gasteiger partial charge in [-0.15, -0.1) is 0 Å². The van der Waals surface area contributed by atoms with Gasteiger partial charge in [-0.25, -0.2) is 9.97 Å². The number of nitriles is 1. The molecule has 0 bridgehead atoms. The van der Waals surface area contributed by atoms with E-state index in [2.05, 4.69) is 88.7 Å². The highest BCUT2D eigenvalue weighted by atomic mass is 16.5. The van der Waals surface area contributed by atoms with Crippen molar-refractivity contribution in [3.05, 3.63) is 181 Å². The Labute approximate surface area is 332 Å². The lowest BCUT2D eigenvalue weighted by Crippen LogP contribution is -2.16. The van der Waals surface area contributed by atoms with Crippen LogP contribution in [0.4, 0.5) is 34.1 Å². The fourth-order valence-electron chi connectivity index (χ4n) is 8.51. The maximum absolute atomic E-state index is 9.36. The molecule has 0 amide bonds. The molecule has 0 N–H and O–H groups in total. The fourth-order valence-corrected chi connectivity index (χ4v) is 8.51. The van der Waals surface area contributed by atoms with Crippen molar-refractivity contribution in [1.29, 1.82) is 5.26 Å². The number of hydrogen-bond acceptors (Lipinski definition) is 7. The molecule has 2 aliphatic heterocycles. The molecular formula is C51H29N5O2. The Morgan fingerprint density at radius 1 is 0.397 bits per heavy atom. The van der Waals surface area contributed by atoms with Crippen LogP contribution in [0.1, 0.15) is 5.56 Å². The van der Waals surface area contributed by atoms with E-state index >= 15 is 0 Å². The van der Waals surface area contributed by atoms with Crippen LogP contribution in [0.25, 0.3) is 54.7 Å². The number of hydrogen-bond donors (Lipinski definition) is 0. The Morgan fingerprint density at radius 3 is 1.29 bits per heavy atom. The molecule has 0 spiro atoms. The summed E-state index contributed by atoms with van der Waals surface area (Å²) in [5, 5.41) is 13.5. The van der Waals surface area contributed by atoms with Crippen LogP contribution in [0.15, 0.2) is 176 Å². The number of nitrogens with zero attached hydrogens (tertiary/aromatic N) is 5. The Balaban J connectivity index is 1.13. The summed E-state index contributed by atoms with van der Waals surface area (Å²) >= 11 is 0. The summed E-state index contributed by atoms with van der Waals surface area (Å²) < 4.78 is 12.8. The first-order valence-electron chi connectivity index (χ1n) is 19.1. The quantitative estimate of drug-likeness (QED) is 0.132. The first-order chi connectivity index (χ1) is 28.7. The molecule has 7 heteroatoms. The Morgan fingerprint density at radius 2 is 0.828 bits per heavy atom. The van der Waals surface area contributed by atoms with Gasteiger partial charge in [0, 0.05) is 22.1 Å². The van der Waals surface area contributed by atoms with Crippen molar-refractivity contribution in [2.45, 2.75) is 0 Å². The fraction of sp³-hybridized carbons (Fsp3) is 0. The smallest absolute Gasteiger partial charge is 0.151 e. The third-order valence-electron chi connectivity index (χ3n) is 11.2. The van der Waals surface area contributed by atoms with Gasteiger partial charge in [0.15, 0.2) is 23.0 Å². The second kappa shape index (κ2) is 12.4. The van der Waals surface area contributed by atoms with E-state index in [0.29, 0.717) is 5.56 Å². The number of fused-ring (bicyclic) bond motifs is 11. The first kappa shape index (κ1) is 32.1. The zero-order valence-corrected chi connectivity index (χ0v) is 30.8.